The van der Waals surface area contributed by atoms with Crippen molar-refractivity contribution in [3.63, 3.8) is 0 Å². The molecule has 0 saturated heterocycles. The minimum Gasteiger partial charge on any atom is -0.388 e. The van der Waals surface area contributed by atoms with E-state index >= 15 is 0 Å². The number of rotatable bonds is 5. The molecule has 1 N–H and O–H groups in total. The fourth-order valence-corrected chi connectivity index (χ4v) is 2.17. The maximum absolute atomic E-state index is 4.37. The van der Waals surface area contributed by atoms with Crippen molar-refractivity contribution in [1.29, 1.82) is 0 Å². The van der Waals surface area contributed by atoms with Crippen molar-refractivity contribution in [1.82, 2.24) is 5.32 Å². The summed E-state index contributed by atoms with van der Waals surface area (Å²) in [7, 11) is 1.79. The van der Waals surface area contributed by atoms with Crippen LogP contribution >= 0.6 is 0 Å². The van der Waals surface area contributed by atoms with Crippen molar-refractivity contribution >= 4 is 12.1 Å². The molecule has 1 aliphatic carbocycles. The maximum Gasteiger partial charge on any atom is 0.127 e. The summed E-state index contributed by atoms with van der Waals surface area (Å²) in [4.78, 5) is 8.56. The average Bonchev–Trinajstić information content (AvgIpc) is 2.46. The lowest BCUT2D eigenvalue weighted by Crippen LogP contribution is -2.26. The number of hydrogen-bond donors (Lipinski definition) is 1. The van der Waals surface area contributed by atoms with Crippen LogP contribution in [-0.4, -0.2) is 25.1 Å². The molecule has 0 radical (unpaired) electrons. The largest absolute Gasteiger partial charge is 0.388 e. The van der Waals surface area contributed by atoms with Crippen LogP contribution in [0.2, 0.25) is 0 Å². The molecule has 0 aromatic carbocycles. The number of nitrogens with one attached hydrogen (secondary N) is 1. The highest BCUT2D eigenvalue weighted by Crippen LogP contribution is 2.17. The summed E-state index contributed by atoms with van der Waals surface area (Å²) >= 11 is 0. The zero-order valence-corrected chi connectivity index (χ0v) is 12.5. The van der Waals surface area contributed by atoms with Gasteiger partial charge in [-0.1, -0.05) is 30.9 Å². The third-order valence-electron chi connectivity index (χ3n) is 3.53. The minimum atomic E-state index is 0.656. The van der Waals surface area contributed by atoms with E-state index in [9.17, 15) is 0 Å². The van der Waals surface area contributed by atoms with Gasteiger partial charge in [0.1, 0.15) is 5.84 Å². The first-order valence-electron chi connectivity index (χ1n) is 7.29. The van der Waals surface area contributed by atoms with Crippen molar-refractivity contribution < 1.29 is 0 Å². The molecule has 0 bridgehead atoms. The molecule has 19 heavy (non-hydrogen) atoms. The van der Waals surface area contributed by atoms with E-state index in [4.69, 9.17) is 0 Å². The number of amidine groups is 1. The van der Waals surface area contributed by atoms with Crippen molar-refractivity contribution in [2.75, 3.05) is 7.05 Å². The maximum atomic E-state index is 4.37. The Kier molecular flexibility index (Phi) is 7.87. The minimum absolute atomic E-state index is 0.656. The van der Waals surface area contributed by atoms with Crippen LogP contribution in [0, 0.1) is 0 Å². The molecule has 0 aliphatic heterocycles. The lowest BCUT2D eigenvalue weighted by Gasteiger charge is -2.21. The predicted octanol–water partition coefficient (Wildman–Crippen LogP) is 3.88. The van der Waals surface area contributed by atoms with E-state index in [1.807, 2.05) is 25.4 Å². The Morgan fingerprint density at radius 3 is 2.63 bits per heavy atom. The normalized spacial score (nSPS) is 19.5. The van der Waals surface area contributed by atoms with Gasteiger partial charge in [-0.2, -0.15) is 0 Å². The van der Waals surface area contributed by atoms with E-state index in [0.717, 1.165) is 12.3 Å². The first-order chi connectivity index (χ1) is 9.26. The summed E-state index contributed by atoms with van der Waals surface area (Å²) in [5.41, 5.74) is 1.29. The van der Waals surface area contributed by atoms with Gasteiger partial charge in [0.05, 0.1) is 0 Å². The molecule has 0 aromatic rings. The van der Waals surface area contributed by atoms with Gasteiger partial charge in [0.2, 0.25) is 0 Å². The van der Waals surface area contributed by atoms with Crippen molar-refractivity contribution in [3.8, 4) is 0 Å². The Morgan fingerprint density at radius 1 is 1.26 bits per heavy atom. The fourth-order valence-electron chi connectivity index (χ4n) is 2.17. The molecule has 3 nitrogen and oxygen atoms in total. The molecule has 0 aromatic heterocycles. The third kappa shape index (κ3) is 6.94. The zero-order valence-electron chi connectivity index (χ0n) is 12.5. The second-order valence-electron chi connectivity index (χ2n) is 5.09. The quantitative estimate of drug-likeness (QED) is 0.455. The monoisotopic (exact) mass is 261 g/mol. The molecular formula is C16H27N3. The van der Waals surface area contributed by atoms with Gasteiger partial charge in [-0.3, -0.25) is 4.99 Å². The van der Waals surface area contributed by atoms with Crippen LogP contribution < -0.4 is 5.32 Å². The van der Waals surface area contributed by atoms with E-state index in [2.05, 4.69) is 28.3 Å². The molecule has 0 unspecified atom stereocenters. The molecule has 0 atom stereocenters. The number of aliphatic imine (C=N–C) groups is 2. The molecule has 0 amide bonds. The highest BCUT2D eigenvalue weighted by molar-refractivity contribution is 5.93. The Morgan fingerprint density at radius 2 is 2.00 bits per heavy atom. The standard InChI is InChI=1S/C16H27N3/c1-4-14(2)13-16(17-3)19-12-8-11-18-15-9-6-5-7-10-15/h4,8,11-12,15,18H,5-7,9-10,13H2,1-3H3/b11-8+,14-4+,17-16-,19-12-. The molecule has 3 heteroatoms. The first-order valence-corrected chi connectivity index (χ1v) is 7.29. The predicted molar refractivity (Wildman–Crippen MR) is 85.0 cm³/mol. The summed E-state index contributed by atoms with van der Waals surface area (Å²) in [6.45, 7) is 4.14. The lowest BCUT2D eigenvalue weighted by atomic mass is 9.96. The molecule has 1 rings (SSSR count). The van der Waals surface area contributed by atoms with Crippen molar-refractivity contribution in [2.45, 2.75) is 58.4 Å². The Bertz CT molecular complexity index is 358. The second-order valence-corrected chi connectivity index (χ2v) is 5.09. The Labute approximate surface area is 117 Å². The van der Waals surface area contributed by atoms with E-state index in [1.165, 1.54) is 37.7 Å². The number of nitrogens with zero attached hydrogens (tertiary/aromatic N) is 2. The summed E-state index contributed by atoms with van der Waals surface area (Å²) < 4.78 is 0. The van der Waals surface area contributed by atoms with Crippen LogP contribution in [0.15, 0.2) is 33.9 Å². The highest BCUT2D eigenvalue weighted by atomic mass is 14.9. The van der Waals surface area contributed by atoms with Crippen LogP contribution in [-0.2, 0) is 0 Å². The molecule has 1 aliphatic rings. The molecule has 0 spiro atoms. The van der Waals surface area contributed by atoms with Gasteiger partial charge >= 0.3 is 0 Å². The summed E-state index contributed by atoms with van der Waals surface area (Å²) in [6, 6.07) is 0.656. The third-order valence-corrected chi connectivity index (χ3v) is 3.53. The van der Waals surface area contributed by atoms with Gasteiger partial charge in [0.15, 0.2) is 0 Å². The molecule has 106 valence electrons. The smallest absolute Gasteiger partial charge is 0.127 e. The van der Waals surface area contributed by atoms with Crippen LogP contribution in [0.25, 0.3) is 0 Å². The van der Waals surface area contributed by atoms with Crippen LogP contribution in [0.1, 0.15) is 52.4 Å². The van der Waals surface area contributed by atoms with Crippen molar-refractivity contribution in [3.05, 3.63) is 23.9 Å². The van der Waals surface area contributed by atoms with Gasteiger partial charge in [0, 0.05) is 25.7 Å². The number of allylic oxidation sites excluding steroid dienone is 2. The van der Waals surface area contributed by atoms with Gasteiger partial charge < -0.3 is 5.32 Å². The second kappa shape index (κ2) is 9.54. The average molecular weight is 261 g/mol. The van der Waals surface area contributed by atoms with Crippen molar-refractivity contribution in [2.24, 2.45) is 9.98 Å². The van der Waals surface area contributed by atoms with E-state index < -0.39 is 0 Å². The van der Waals surface area contributed by atoms with Crippen LogP contribution in [0.4, 0.5) is 0 Å². The van der Waals surface area contributed by atoms with Crippen LogP contribution in [0.5, 0.6) is 0 Å². The van der Waals surface area contributed by atoms with Crippen LogP contribution in [0.3, 0.4) is 0 Å². The Hall–Kier alpha value is -1.38. The van der Waals surface area contributed by atoms with Gasteiger partial charge in [0.25, 0.3) is 0 Å². The topological polar surface area (TPSA) is 36.8 Å². The van der Waals surface area contributed by atoms with E-state index in [-0.39, 0.29) is 0 Å². The molecule has 1 fully saturated rings. The number of hydrogen-bond acceptors (Lipinski definition) is 2. The fraction of sp³-hybridized carbons (Fsp3) is 0.625. The molecular weight excluding hydrogens is 234 g/mol. The van der Waals surface area contributed by atoms with Gasteiger partial charge in [-0.25, -0.2) is 4.99 Å². The zero-order chi connectivity index (χ0) is 13.9. The highest BCUT2D eigenvalue weighted by Gasteiger charge is 2.10. The summed E-state index contributed by atoms with van der Waals surface area (Å²) in [5.74, 6) is 0.873. The summed E-state index contributed by atoms with van der Waals surface area (Å²) in [5, 5.41) is 3.44. The molecule has 0 heterocycles. The lowest BCUT2D eigenvalue weighted by molar-refractivity contribution is 0.404. The Balaban J connectivity index is 2.30. The summed E-state index contributed by atoms with van der Waals surface area (Å²) in [6.07, 6.45) is 15.4. The van der Waals surface area contributed by atoms with Gasteiger partial charge in [-0.15, -0.1) is 0 Å². The SMILES string of the molecule is C/C=C(\C)CC(/N=C\C=C\NC1CCCCC1)=N/C. The molecule has 1 saturated carbocycles. The van der Waals surface area contributed by atoms with E-state index in [1.54, 1.807) is 7.05 Å². The van der Waals surface area contributed by atoms with E-state index in [0.29, 0.717) is 6.04 Å². The van der Waals surface area contributed by atoms with Gasteiger partial charge in [-0.05, 0) is 39.0 Å². The first kappa shape index (κ1) is 15.7.